The molecule has 124 valence electrons. The topological polar surface area (TPSA) is 62.3 Å². The average molecular weight is 388 g/mol. The molecule has 1 saturated heterocycles. The zero-order chi connectivity index (χ0) is 16.9. The quantitative estimate of drug-likeness (QED) is 0.872. The van der Waals surface area contributed by atoms with E-state index in [4.69, 9.17) is 0 Å². The van der Waals surface area contributed by atoms with E-state index >= 15 is 0 Å². The summed E-state index contributed by atoms with van der Waals surface area (Å²) in [4.78, 5) is 31.0. The van der Waals surface area contributed by atoms with E-state index in [0.717, 1.165) is 36.8 Å². The van der Waals surface area contributed by atoms with Gasteiger partial charge in [0.05, 0.1) is 5.69 Å². The molecule has 2 amide bonds. The van der Waals surface area contributed by atoms with Crippen molar-refractivity contribution in [1.29, 1.82) is 0 Å². The van der Waals surface area contributed by atoms with Gasteiger partial charge in [-0.1, -0.05) is 18.2 Å². The molecule has 24 heavy (non-hydrogen) atoms. The van der Waals surface area contributed by atoms with E-state index < -0.39 is 0 Å². The molecule has 1 N–H and O–H groups in total. The summed E-state index contributed by atoms with van der Waals surface area (Å²) in [7, 11) is 0. The summed E-state index contributed by atoms with van der Waals surface area (Å²) in [5, 5.41) is 2.80. The molecule has 1 fully saturated rings. The molecule has 0 aliphatic carbocycles. The lowest BCUT2D eigenvalue weighted by Crippen LogP contribution is -2.36. The number of rotatable bonds is 3. The average Bonchev–Trinajstić information content (AvgIpc) is 2.64. The fourth-order valence-electron chi connectivity index (χ4n) is 2.69. The predicted octanol–water partition coefficient (Wildman–Crippen LogP) is 3.72. The first-order chi connectivity index (χ1) is 11.6. The maximum Gasteiger partial charge on any atom is 0.274 e. The summed E-state index contributed by atoms with van der Waals surface area (Å²) in [5.74, 6) is -0.444. The minimum atomic E-state index is -0.338. The summed E-state index contributed by atoms with van der Waals surface area (Å²) in [6, 6.07) is 12.3. The number of carbonyl (C=O) groups excluding carboxylic acids is 2. The highest BCUT2D eigenvalue weighted by Gasteiger charge is 2.20. The normalized spacial score (nSPS) is 14.3. The maximum atomic E-state index is 12.5. The second kappa shape index (κ2) is 7.57. The zero-order valence-electron chi connectivity index (χ0n) is 13.2. The zero-order valence-corrected chi connectivity index (χ0v) is 14.8. The summed E-state index contributed by atoms with van der Waals surface area (Å²) in [6.07, 6.45) is 3.20. The van der Waals surface area contributed by atoms with Gasteiger partial charge in [-0.15, -0.1) is 0 Å². The number of likely N-dealkylation sites (tertiary alicyclic amines) is 1. The number of anilines is 1. The number of benzene rings is 1. The first-order valence-electron chi connectivity index (χ1n) is 7.97. The number of para-hydroxylation sites is 1. The molecule has 5 nitrogen and oxygen atoms in total. The Kier molecular flexibility index (Phi) is 5.25. The van der Waals surface area contributed by atoms with Gasteiger partial charge in [-0.2, -0.15) is 0 Å². The molecular formula is C18H18BrN3O2. The van der Waals surface area contributed by atoms with E-state index in [2.05, 4.69) is 26.2 Å². The highest BCUT2D eigenvalue weighted by Crippen LogP contribution is 2.21. The van der Waals surface area contributed by atoms with Crippen molar-refractivity contribution in [2.75, 3.05) is 18.4 Å². The Hall–Kier alpha value is -2.21. The Morgan fingerprint density at radius 1 is 0.958 bits per heavy atom. The van der Waals surface area contributed by atoms with E-state index in [1.54, 1.807) is 29.2 Å². The second-order valence-electron chi connectivity index (χ2n) is 5.69. The van der Waals surface area contributed by atoms with Crippen LogP contribution >= 0.6 is 15.9 Å². The highest BCUT2D eigenvalue weighted by atomic mass is 79.9. The van der Waals surface area contributed by atoms with Gasteiger partial charge in [0.25, 0.3) is 11.8 Å². The van der Waals surface area contributed by atoms with Gasteiger partial charge in [-0.3, -0.25) is 9.59 Å². The third-order valence-corrected chi connectivity index (χ3v) is 4.66. The molecule has 3 rings (SSSR count). The van der Waals surface area contributed by atoms with Crippen LogP contribution < -0.4 is 5.32 Å². The summed E-state index contributed by atoms with van der Waals surface area (Å²) in [5.41, 5.74) is 1.21. The van der Waals surface area contributed by atoms with E-state index in [1.165, 1.54) is 0 Å². The molecule has 0 spiro atoms. The lowest BCUT2D eigenvalue weighted by atomic mass is 10.1. The first-order valence-corrected chi connectivity index (χ1v) is 8.76. The molecule has 1 aromatic heterocycles. The number of amides is 2. The second-order valence-corrected chi connectivity index (χ2v) is 6.55. The molecule has 0 unspecified atom stereocenters. The molecule has 6 heteroatoms. The van der Waals surface area contributed by atoms with Crippen molar-refractivity contribution in [2.45, 2.75) is 19.3 Å². The van der Waals surface area contributed by atoms with Crippen LogP contribution in [0.2, 0.25) is 0 Å². The molecule has 0 radical (unpaired) electrons. The van der Waals surface area contributed by atoms with Gasteiger partial charge in [0.1, 0.15) is 11.4 Å². The van der Waals surface area contributed by atoms with E-state index in [1.807, 2.05) is 18.2 Å². The van der Waals surface area contributed by atoms with Crippen LogP contribution in [0.1, 0.15) is 40.2 Å². The number of hydrogen-bond acceptors (Lipinski definition) is 3. The van der Waals surface area contributed by atoms with Crippen molar-refractivity contribution in [3.63, 3.8) is 0 Å². The molecule has 1 aliphatic rings. The van der Waals surface area contributed by atoms with Crippen LogP contribution in [0.15, 0.2) is 46.9 Å². The van der Waals surface area contributed by atoms with Gasteiger partial charge in [-0.25, -0.2) is 4.98 Å². The lowest BCUT2D eigenvalue weighted by molar-refractivity contribution is 0.0718. The molecule has 0 saturated carbocycles. The van der Waals surface area contributed by atoms with Gasteiger partial charge in [0.2, 0.25) is 0 Å². The standard InChI is InChI=1S/C18H18BrN3O2/c19-13-7-2-3-8-14(13)21-17(23)15-9-6-10-16(20-15)18(24)22-11-4-1-5-12-22/h2-3,6-10H,1,4-5,11-12H2,(H,21,23). The van der Waals surface area contributed by atoms with Crippen LogP contribution in [0.5, 0.6) is 0 Å². The monoisotopic (exact) mass is 387 g/mol. The molecule has 1 aliphatic heterocycles. The van der Waals surface area contributed by atoms with Crippen LogP contribution in [0.25, 0.3) is 0 Å². The van der Waals surface area contributed by atoms with Gasteiger partial charge in [0.15, 0.2) is 0 Å². The Labute approximate surface area is 149 Å². The van der Waals surface area contributed by atoms with Gasteiger partial charge >= 0.3 is 0 Å². The minimum absolute atomic E-state index is 0.106. The van der Waals surface area contributed by atoms with Crippen molar-refractivity contribution in [1.82, 2.24) is 9.88 Å². The molecule has 2 heterocycles. The first kappa shape index (κ1) is 16.6. The summed E-state index contributed by atoms with van der Waals surface area (Å²) < 4.78 is 0.791. The molecular weight excluding hydrogens is 370 g/mol. The predicted molar refractivity (Wildman–Crippen MR) is 96.1 cm³/mol. The number of nitrogens with zero attached hydrogens (tertiary/aromatic N) is 2. The fourth-order valence-corrected chi connectivity index (χ4v) is 3.07. The third kappa shape index (κ3) is 3.82. The number of nitrogens with one attached hydrogen (secondary N) is 1. The smallest absolute Gasteiger partial charge is 0.274 e. The molecule has 1 aromatic carbocycles. The largest absolute Gasteiger partial charge is 0.337 e. The van der Waals surface area contributed by atoms with Crippen molar-refractivity contribution >= 4 is 33.4 Å². The number of carbonyl (C=O) groups is 2. The van der Waals surface area contributed by atoms with Gasteiger partial charge < -0.3 is 10.2 Å². The lowest BCUT2D eigenvalue weighted by Gasteiger charge is -2.26. The number of halogens is 1. The number of pyridine rings is 1. The minimum Gasteiger partial charge on any atom is -0.337 e. The molecule has 0 bridgehead atoms. The number of piperidine rings is 1. The fraction of sp³-hybridized carbons (Fsp3) is 0.278. The summed E-state index contributed by atoms with van der Waals surface area (Å²) >= 11 is 3.39. The SMILES string of the molecule is O=C(Nc1ccccc1Br)c1cccc(C(=O)N2CCCCC2)n1. The van der Waals surface area contributed by atoms with E-state index in [-0.39, 0.29) is 17.5 Å². The van der Waals surface area contributed by atoms with Gasteiger partial charge in [-0.05, 0) is 59.5 Å². The van der Waals surface area contributed by atoms with Crippen LogP contribution in [-0.4, -0.2) is 34.8 Å². The number of aromatic nitrogens is 1. The highest BCUT2D eigenvalue weighted by molar-refractivity contribution is 9.10. The Balaban J connectivity index is 1.76. The Bertz CT molecular complexity index is 757. The molecule has 0 atom stereocenters. The summed E-state index contributed by atoms with van der Waals surface area (Å²) in [6.45, 7) is 1.52. The van der Waals surface area contributed by atoms with Crippen molar-refractivity contribution in [2.24, 2.45) is 0 Å². The van der Waals surface area contributed by atoms with Crippen molar-refractivity contribution in [3.8, 4) is 0 Å². The maximum absolute atomic E-state index is 12.5. The van der Waals surface area contributed by atoms with E-state index in [9.17, 15) is 9.59 Å². The third-order valence-electron chi connectivity index (χ3n) is 3.97. The van der Waals surface area contributed by atoms with Crippen LogP contribution in [0.3, 0.4) is 0 Å². The van der Waals surface area contributed by atoms with E-state index in [0.29, 0.717) is 11.4 Å². The Morgan fingerprint density at radius 2 is 1.67 bits per heavy atom. The van der Waals surface area contributed by atoms with Crippen molar-refractivity contribution in [3.05, 3.63) is 58.3 Å². The van der Waals surface area contributed by atoms with Crippen LogP contribution in [0.4, 0.5) is 5.69 Å². The molecule has 2 aromatic rings. The number of hydrogen-bond donors (Lipinski definition) is 1. The van der Waals surface area contributed by atoms with Crippen molar-refractivity contribution < 1.29 is 9.59 Å². The van der Waals surface area contributed by atoms with Crippen LogP contribution in [-0.2, 0) is 0 Å². The Morgan fingerprint density at radius 3 is 2.42 bits per heavy atom. The van der Waals surface area contributed by atoms with Gasteiger partial charge in [0, 0.05) is 17.6 Å². The van der Waals surface area contributed by atoms with Crippen LogP contribution in [0, 0.1) is 0 Å².